The van der Waals surface area contributed by atoms with Gasteiger partial charge in [0, 0.05) is 49.0 Å². The van der Waals surface area contributed by atoms with E-state index in [9.17, 15) is 0 Å². The van der Waals surface area contributed by atoms with Crippen molar-refractivity contribution in [3.8, 4) is 0 Å². The molecule has 2 aliphatic rings. The highest BCUT2D eigenvalue weighted by atomic mass is 32.1. The van der Waals surface area contributed by atoms with Crippen LogP contribution in [0.1, 0.15) is 29.1 Å². The molecule has 2 N–H and O–H groups in total. The molecule has 1 atom stereocenters. The number of morpholine rings is 2. The van der Waals surface area contributed by atoms with E-state index in [0.29, 0.717) is 6.04 Å². The van der Waals surface area contributed by atoms with Gasteiger partial charge in [-0.3, -0.25) is 14.8 Å². The van der Waals surface area contributed by atoms with Crippen molar-refractivity contribution in [2.24, 2.45) is 4.99 Å². The predicted molar refractivity (Wildman–Crippen MR) is 120 cm³/mol. The molecule has 0 spiro atoms. The Morgan fingerprint density at radius 3 is 2.48 bits per heavy atom. The third-order valence-corrected chi connectivity index (χ3v) is 6.49. The Hall–Kier alpha value is -1.19. The first-order valence-corrected chi connectivity index (χ1v) is 11.8. The Balaban J connectivity index is 1.53. The van der Waals surface area contributed by atoms with Gasteiger partial charge < -0.3 is 20.1 Å². The molecule has 2 fully saturated rings. The molecule has 29 heavy (non-hydrogen) atoms. The Bertz CT molecular complexity index is 612. The second-order valence-electron chi connectivity index (χ2n) is 7.57. The van der Waals surface area contributed by atoms with Crippen molar-refractivity contribution in [3.05, 3.63) is 21.9 Å². The average molecular weight is 424 g/mol. The number of aryl methyl sites for hydroxylation is 1. The van der Waals surface area contributed by atoms with Crippen LogP contribution >= 0.6 is 11.3 Å². The van der Waals surface area contributed by atoms with E-state index in [2.05, 4.69) is 46.4 Å². The van der Waals surface area contributed by atoms with Crippen LogP contribution < -0.4 is 10.6 Å². The number of hydrogen-bond acceptors (Lipinski definition) is 6. The lowest BCUT2D eigenvalue weighted by Crippen LogP contribution is -2.42. The van der Waals surface area contributed by atoms with Crippen molar-refractivity contribution in [3.63, 3.8) is 0 Å². The maximum absolute atomic E-state index is 5.56. The topological polar surface area (TPSA) is 61.4 Å². The molecule has 0 amide bonds. The zero-order valence-corrected chi connectivity index (χ0v) is 18.8. The summed E-state index contributed by atoms with van der Waals surface area (Å²) in [5.41, 5.74) is 0. The van der Waals surface area contributed by atoms with Gasteiger partial charge in [-0.05, 0) is 38.9 Å². The largest absolute Gasteiger partial charge is 0.379 e. The van der Waals surface area contributed by atoms with Crippen LogP contribution in [0.15, 0.2) is 17.1 Å². The highest BCUT2D eigenvalue weighted by Gasteiger charge is 2.23. The monoisotopic (exact) mass is 423 g/mol. The van der Waals surface area contributed by atoms with Gasteiger partial charge in [-0.1, -0.05) is 0 Å². The van der Waals surface area contributed by atoms with Crippen LogP contribution in [-0.2, 0) is 9.47 Å². The van der Waals surface area contributed by atoms with E-state index in [-0.39, 0.29) is 0 Å². The van der Waals surface area contributed by atoms with Gasteiger partial charge in [0.2, 0.25) is 0 Å². The van der Waals surface area contributed by atoms with Crippen molar-refractivity contribution in [2.45, 2.75) is 26.3 Å². The summed E-state index contributed by atoms with van der Waals surface area (Å²) in [6.45, 7) is 15.4. The summed E-state index contributed by atoms with van der Waals surface area (Å²) in [5, 5.41) is 6.92. The fourth-order valence-corrected chi connectivity index (χ4v) is 4.76. The zero-order chi connectivity index (χ0) is 20.3. The summed E-state index contributed by atoms with van der Waals surface area (Å²) < 4.78 is 11.0. The van der Waals surface area contributed by atoms with Crippen LogP contribution in [0.5, 0.6) is 0 Å². The third-order valence-electron chi connectivity index (χ3n) is 5.39. The number of ether oxygens (including phenoxy) is 2. The molecular weight excluding hydrogens is 386 g/mol. The normalized spacial score (nSPS) is 20.6. The molecule has 3 heterocycles. The number of hydrogen-bond donors (Lipinski definition) is 2. The SMILES string of the molecule is CCNC(=NCC(c1ccc(C)s1)N1CCOCC1)NCCCN1CCOCC1. The molecule has 2 saturated heterocycles. The number of guanidine groups is 1. The fraction of sp³-hybridized carbons (Fsp3) is 0.762. The van der Waals surface area contributed by atoms with E-state index < -0.39 is 0 Å². The Morgan fingerprint density at radius 2 is 1.83 bits per heavy atom. The maximum atomic E-state index is 5.56. The molecule has 0 bridgehead atoms. The first-order valence-electron chi connectivity index (χ1n) is 11.0. The highest BCUT2D eigenvalue weighted by Crippen LogP contribution is 2.28. The van der Waals surface area contributed by atoms with E-state index in [0.717, 1.165) is 91.2 Å². The van der Waals surface area contributed by atoms with Crippen molar-refractivity contribution >= 4 is 17.3 Å². The molecule has 8 heteroatoms. The lowest BCUT2D eigenvalue weighted by Gasteiger charge is -2.33. The van der Waals surface area contributed by atoms with E-state index >= 15 is 0 Å². The summed E-state index contributed by atoms with van der Waals surface area (Å²) >= 11 is 1.88. The standard InChI is InChI=1S/C21H37N5O2S/c1-3-22-21(23-7-4-8-25-9-13-27-14-10-25)24-17-19(20-6-5-18(2)29-20)26-11-15-28-16-12-26/h5-6,19H,3-4,7-17H2,1-2H3,(H2,22,23,24). The van der Waals surface area contributed by atoms with Crippen LogP contribution in [0.2, 0.25) is 0 Å². The molecule has 2 aliphatic heterocycles. The maximum Gasteiger partial charge on any atom is 0.191 e. The van der Waals surface area contributed by atoms with Crippen LogP contribution in [-0.4, -0.2) is 94.5 Å². The first kappa shape index (κ1) is 22.5. The van der Waals surface area contributed by atoms with Gasteiger partial charge in [-0.15, -0.1) is 11.3 Å². The van der Waals surface area contributed by atoms with Crippen molar-refractivity contribution in [2.75, 3.05) is 78.8 Å². The molecule has 1 aromatic heterocycles. The first-order chi connectivity index (χ1) is 14.3. The molecule has 0 radical (unpaired) electrons. The summed E-state index contributed by atoms with van der Waals surface area (Å²) in [7, 11) is 0. The molecule has 3 rings (SSSR count). The predicted octanol–water partition coefficient (Wildman–Crippen LogP) is 1.71. The number of aliphatic imine (C=N–C) groups is 1. The quantitative estimate of drug-likeness (QED) is 0.358. The van der Waals surface area contributed by atoms with Gasteiger partial charge in [0.25, 0.3) is 0 Å². The van der Waals surface area contributed by atoms with Crippen LogP contribution in [0, 0.1) is 6.92 Å². The molecule has 7 nitrogen and oxygen atoms in total. The van der Waals surface area contributed by atoms with Crippen LogP contribution in [0.25, 0.3) is 0 Å². The molecule has 0 aromatic carbocycles. The number of nitrogens with one attached hydrogen (secondary N) is 2. The van der Waals surface area contributed by atoms with Crippen LogP contribution in [0.4, 0.5) is 0 Å². The minimum atomic E-state index is 0.321. The second-order valence-corrected chi connectivity index (χ2v) is 8.89. The molecule has 1 aromatic rings. The summed E-state index contributed by atoms with van der Waals surface area (Å²) in [6, 6.07) is 4.80. The van der Waals surface area contributed by atoms with Gasteiger partial charge in [0.05, 0.1) is 39.0 Å². The van der Waals surface area contributed by atoms with Gasteiger partial charge >= 0.3 is 0 Å². The van der Waals surface area contributed by atoms with E-state index in [1.807, 2.05) is 11.3 Å². The van der Waals surface area contributed by atoms with E-state index in [1.54, 1.807) is 0 Å². The molecular formula is C21H37N5O2S. The lowest BCUT2D eigenvalue weighted by atomic mass is 10.2. The number of thiophene rings is 1. The fourth-order valence-electron chi connectivity index (χ4n) is 3.76. The summed E-state index contributed by atoms with van der Waals surface area (Å²) in [4.78, 5) is 12.7. The second kappa shape index (κ2) is 12.5. The number of nitrogens with zero attached hydrogens (tertiary/aromatic N) is 3. The van der Waals surface area contributed by atoms with Crippen molar-refractivity contribution in [1.29, 1.82) is 0 Å². The van der Waals surface area contributed by atoms with E-state index in [1.165, 1.54) is 9.75 Å². The summed E-state index contributed by atoms with van der Waals surface area (Å²) in [6.07, 6.45) is 1.11. The van der Waals surface area contributed by atoms with Gasteiger partial charge in [-0.25, -0.2) is 0 Å². The average Bonchev–Trinajstić information content (AvgIpc) is 3.18. The van der Waals surface area contributed by atoms with Gasteiger partial charge in [0.1, 0.15) is 0 Å². The lowest BCUT2D eigenvalue weighted by molar-refractivity contribution is 0.0186. The van der Waals surface area contributed by atoms with Gasteiger partial charge in [0.15, 0.2) is 5.96 Å². The third kappa shape index (κ3) is 7.53. The molecule has 0 saturated carbocycles. The number of rotatable bonds is 9. The molecule has 0 aliphatic carbocycles. The van der Waals surface area contributed by atoms with Gasteiger partial charge in [-0.2, -0.15) is 0 Å². The van der Waals surface area contributed by atoms with Crippen molar-refractivity contribution < 1.29 is 9.47 Å². The van der Waals surface area contributed by atoms with E-state index in [4.69, 9.17) is 14.5 Å². The molecule has 1 unspecified atom stereocenters. The summed E-state index contributed by atoms with van der Waals surface area (Å²) in [5.74, 6) is 0.918. The molecule has 164 valence electrons. The zero-order valence-electron chi connectivity index (χ0n) is 18.0. The Morgan fingerprint density at radius 1 is 1.10 bits per heavy atom. The smallest absolute Gasteiger partial charge is 0.191 e. The van der Waals surface area contributed by atoms with Crippen LogP contribution in [0.3, 0.4) is 0 Å². The van der Waals surface area contributed by atoms with Crippen molar-refractivity contribution in [1.82, 2.24) is 20.4 Å². The Labute approximate surface area is 179 Å². The minimum absolute atomic E-state index is 0.321. The highest BCUT2D eigenvalue weighted by molar-refractivity contribution is 7.12. The Kier molecular flexibility index (Phi) is 9.69. The minimum Gasteiger partial charge on any atom is -0.379 e.